The van der Waals surface area contributed by atoms with Crippen molar-refractivity contribution in [3.63, 3.8) is 0 Å². The van der Waals surface area contributed by atoms with Crippen LogP contribution in [0.3, 0.4) is 0 Å². The lowest BCUT2D eigenvalue weighted by atomic mass is 10.2. The molecule has 3 aromatic rings. The van der Waals surface area contributed by atoms with Gasteiger partial charge in [0.15, 0.2) is 0 Å². The third-order valence-electron chi connectivity index (χ3n) is 2.90. The number of hydrogen-bond donors (Lipinski definition) is 1. The molecule has 19 heavy (non-hydrogen) atoms. The van der Waals surface area contributed by atoms with Gasteiger partial charge < -0.3 is 9.72 Å². The Hall–Kier alpha value is -1.88. The van der Waals surface area contributed by atoms with Crippen LogP contribution >= 0.6 is 15.9 Å². The highest BCUT2D eigenvalue weighted by molar-refractivity contribution is 9.10. The van der Waals surface area contributed by atoms with Crippen LogP contribution in [-0.2, 0) is 0 Å². The maximum atomic E-state index is 14.0. The molecule has 5 heteroatoms. The molecule has 0 radical (unpaired) electrons. The molecule has 2 aromatic carbocycles. The molecule has 0 saturated heterocycles. The predicted molar refractivity (Wildman–Crippen MR) is 75.7 cm³/mol. The van der Waals surface area contributed by atoms with Gasteiger partial charge in [-0.3, -0.25) is 0 Å². The fourth-order valence-electron chi connectivity index (χ4n) is 1.93. The van der Waals surface area contributed by atoms with Crippen LogP contribution in [0.5, 0.6) is 5.75 Å². The molecule has 1 N–H and O–H groups in total. The van der Waals surface area contributed by atoms with Crippen LogP contribution in [0.4, 0.5) is 4.39 Å². The minimum Gasteiger partial charge on any atom is -0.497 e. The molecule has 0 amide bonds. The fraction of sp³-hybridized carbons (Fsp3) is 0.0714. The number of nitrogens with one attached hydrogen (secondary N) is 1. The number of methoxy groups -OCH3 is 1. The molecular weight excluding hydrogens is 311 g/mol. The average molecular weight is 321 g/mol. The molecule has 0 atom stereocenters. The Morgan fingerprint density at radius 2 is 2.11 bits per heavy atom. The quantitative estimate of drug-likeness (QED) is 0.770. The van der Waals surface area contributed by atoms with Gasteiger partial charge in [-0.2, -0.15) is 0 Å². The maximum absolute atomic E-state index is 14.0. The smallest absolute Gasteiger partial charge is 0.148 e. The Balaban J connectivity index is 2.18. The Kier molecular flexibility index (Phi) is 2.98. The van der Waals surface area contributed by atoms with Crippen LogP contribution < -0.4 is 4.74 Å². The molecule has 1 aromatic heterocycles. The second-order valence-corrected chi connectivity index (χ2v) is 4.92. The van der Waals surface area contributed by atoms with Gasteiger partial charge in [0.2, 0.25) is 0 Å². The number of H-pyrrole nitrogens is 1. The van der Waals surface area contributed by atoms with Gasteiger partial charge >= 0.3 is 0 Å². The molecule has 0 unspecified atom stereocenters. The van der Waals surface area contributed by atoms with E-state index < -0.39 is 0 Å². The molecule has 0 aliphatic rings. The summed E-state index contributed by atoms with van der Waals surface area (Å²) < 4.78 is 19.6. The third-order valence-corrected chi connectivity index (χ3v) is 3.51. The van der Waals surface area contributed by atoms with E-state index in [0.29, 0.717) is 15.9 Å². The van der Waals surface area contributed by atoms with E-state index in [1.54, 1.807) is 25.3 Å². The van der Waals surface area contributed by atoms with Crippen LogP contribution in [0.25, 0.3) is 22.4 Å². The average Bonchev–Trinajstić information content (AvgIpc) is 2.84. The van der Waals surface area contributed by atoms with Crippen molar-refractivity contribution in [2.75, 3.05) is 7.11 Å². The summed E-state index contributed by atoms with van der Waals surface area (Å²) >= 11 is 3.17. The van der Waals surface area contributed by atoms with Crippen LogP contribution in [0.2, 0.25) is 0 Å². The number of halogens is 2. The van der Waals surface area contributed by atoms with Gasteiger partial charge in [-0.1, -0.05) is 6.07 Å². The third kappa shape index (κ3) is 2.10. The van der Waals surface area contributed by atoms with Gasteiger partial charge in [-0.25, -0.2) is 9.37 Å². The van der Waals surface area contributed by atoms with Gasteiger partial charge in [0.05, 0.1) is 28.2 Å². The zero-order valence-corrected chi connectivity index (χ0v) is 11.7. The summed E-state index contributed by atoms with van der Waals surface area (Å²) in [7, 11) is 1.60. The highest BCUT2D eigenvalue weighted by Crippen LogP contribution is 2.28. The van der Waals surface area contributed by atoms with Gasteiger partial charge in [0.25, 0.3) is 0 Å². The second-order valence-electron chi connectivity index (χ2n) is 4.07. The molecule has 3 nitrogen and oxygen atoms in total. The second kappa shape index (κ2) is 4.66. The van der Waals surface area contributed by atoms with Crippen molar-refractivity contribution < 1.29 is 9.13 Å². The van der Waals surface area contributed by atoms with Crippen LogP contribution in [0.1, 0.15) is 0 Å². The number of hydrogen-bond acceptors (Lipinski definition) is 2. The number of aromatic amines is 1. The Morgan fingerprint density at radius 3 is 2.89 bits per heavy atom. The normalized spacial score (nSPS) is 10.9. The highest BCUT2D eigenvalue weighted by atomic mass is 79.9. The predicted octanol–water partition coefficient (Wildman–Crippen LogP) is 4.14. The summed E-state index contributed by atoms with van der Waals surface area (Å²) in [6, 6.07) is 10.6. The van der Waals surface area contributed by atoms with E-state index in [4.69, 9.17) is 4.74 Å². The largest absolute Gasteiger partial charge is 0.497 e. The lowest BCUT2D eigenvalue weighted by molar-refractivity contribution is 0.415. The first kappa shape index (κ1) is 12.2. The van der Waals surface area contributed by atoms with Crippen molar-refractivity contribution in [1.82, 2.24) is 9.97 Å². The van der Waals surface area contributed by atoms with Gasteiger partial charge in [0, 0.05) is 6.07 Å². The summed E-state index contributed by atoms with van der Waals surface area (Å²) in [4.78, 5) is 7.49. The summed E-state index contributed by atoms with van der Waals surface area (Å²) in [5.74, 6) is 0.910. The first-order valence-electron chi connectivity index (χ1n) is 5.67. The summed E-state index contributed by atoms with van der Waals surface area (Å²) in [6.07, 6.45) is 0. The first-order valence-corrected chi connectivity index (χ1v) is 6.46. The number of aromatic nitrogens is 2. The lowest BCUT2D eigenvalue weighted by Crippen LogP contribution is -1.87. The van der Waals surface area contributed by atoms with E-state index in [1.807, 2.05) is 18.2 Å². The molecule has 0 saturated carbocycles. The highest BCUT2D eigenvalue weighted by Gasteiger charge is 2.12. The van der Waals surface area contributed by atoms with Crippen molar-refractivity contribution in [2.24, 2.45) is 0 Å². The van der Waals surface area contributed by atoms with E-state index in [1.165, 1.54) is 0 Å². The van der Waals surface area contributed by atoms with Crippen molar-refractivity contribution in [3.05, 3.63) is 46.7 Å². The van der Waals surface area contributed by atoms with Crippen molar-refractivity contribution in [2.45, 2.75) is 0 Å². The minimum absolute atomic E-state index is 0.325. The van der Waals surface area contributed by atoms with E-state index >= 15 is 0 Å². The first-order chi connectivity index (χ1) is 9.19. The van der Waals surface area contributed by atoms with E-state index in [9.17, 15) is 4.39 Å². The van der Waals surface area contributed by atoms with Gasteiger partial charge in [0.1, 0.15) is 17.4 Å². The van der Waals surface area contributed by atoms with E-state index in [-0.39, 0.29) is 5.82 Å². The number of nitrogens with zero attached hydrogens (tertiary/aromatic N) is 1. The number of benzene rings is 2. The van der Waals surface area contributed by atoms with Crippen LogP contribution in [-0.4, -0.2) is 17.1 Å². The molecule has 0 fully saturated rings. The maximum Gasteiger partial charge on any atom is 0.148 e. The molecule has 3 rings (SSSR count). The number of ether oxygens (including phenoxy) is 1. The summed E-state index contributed by atoms with van der Waals surface area (Å²) in [5.41, 5.74) is 2.02. The standard InChI is InChI=1S/C14H10BrFN2O/c1-19-8-5-6-11-12(7-8)18-14(17-11)9-3-2-4-10(15)13(9)16/h2-7H,1H3,(H,17,18). The summed E-state index contributed by atoms with van der Waals surface area (Å²) in [6.45, 7) is 0. The molecular formula is C14H10BrFN2O. The van der Waals surface area contributed by atoms with Gasteiger partial charge in [-0.15, -0.1) is 0 Å². The van der Waals surface area contributed by atoms with Crippen molar-refractivity contribution in [1.29, 1.82) is 0 Å². The van der Waals surface area contributed by atoms with Gasteiger partial charge in [-0.05, 0) is 40.2 Å². The molecule has 0 bridgehead atoms. The molecule has 96 valence electrons. The fourth-order valence-corrected chi connectivity index (χ4v) is 2.30. The Bertz CT molecular complexity index is 754. The zero-order valence-electron chi connectivity index (χ0n) is 10.1. The van der Waals surface area contributed by atoms with Crippen molar-refractivity contribution >= 4 is 27.0 Å². The topological polar surface area (TPSA) is 37.9 Å². The number of fused-ring (bicyclic) bond motifs is 1. The zero-order chi connectivity index (χ0) is 13.4. The van der Waals surface area contributed by atoms with Crippen LogP contribution in [0.15, 0.2) is 40.9 Å². The van der Waals surface area contributed by atoms with E-state index in [0.717, 1.165) is 16.8 Å². The monoisotopic (exact) mass is 320 g/mol. The Labute approximate surface area is 117 Å². The SMILES string of the molecule is COc1ccc2nc(-c3cccc(Br)c3F)[nH]c2c1. The molecule has 1 heterocycles. The molecule has 0 aliphatic heterocycles. The number of rotatable bonds is 2. The molecule has 0 spiro atoms. The minimum atomic E-state index is -0.325. The molecule has 0 aliphatic carbocycles. The van der Waals surface area contributed by atoms with E-state index in [2.05, 4.69) is 25.9 Å². The lowest BCUT2D eigenvalue weighted by Gasteiger charge is -2.00. The summed E-state index contributed by atoms with van der Waals surface area (Å²) in [5, 5.41) is 0. The Morgan fingerprint density at radius 1 is 1.26 bits per heavy atom. The number of imidazole rings is 1. The van der Waals surface area contributed by atoms with Crippen LogP contribution in [0, 0.1) is 5.82 Å². The van der Waals surface area contributed by atoms with Crippen molar-refractivity contribution in [3.8, 4) is 17.1 Å².